The highest BCUT2D eigenvalue weighted by molar-refractivity contribution is 5.98. The Morgan fingerprint density at radius 3 is 2.95 bits per heavy atom. The molecule has 2 N–H and O–H groups in total. The molecule has 0 aromatic carbocycles. The predicted molar refractivity (Wildman–Crippen MR) is 80.5 cm³/mol. The summed E-state index contributed by atoms with van der Waals surface area (Å²) in [6.07, 6.45) is 4.04. The number of carbonyl (C=O) groups is 1. The maximum atomic E-state index is 12.3. The predicted octanol–water partition coefficient (Wildman–Crippen LogP) is 0.718. The molecule has 2 heterocycles. The molecule has 2 aliphatic rings. The van der Waals surface area contributed by atoms with Crippen LogP contribution in [-0.4, -0.2) is 61.2 Å². The van der Waals surface area contributed by atoms with Gasteiger partial charge in [0.2, 0.25) is 0 Å². The molecule has 6 heteroatoms. The van der Waals surface area contributed by atoms with Gasteiger partial charge in [-0.2, -0.15) is 0 Å². The van der Waals surface area contributed by atoms with Gasteiger partial charge in [0.25, 0.3) is 5.91 Å². The highest BCUT2D eigenvalue weighted by atomic mass is 16.5. The molecule has 2 fully saturated rings. The van der Waals surface area contributed by atoms with E-state index in [9.17, 15) is 4.79 Å². The molecule has 1 aliphatic heterocycles. The van der Waals surface area contributed by atoms with E-state index in [1.165, 1.54) is 0 Å². The fraction of sp³-hybridized carbons (Fsp3) is 0.600. The Balaban J connectivity index is 1.50. The first kappa shape index (κ1) is 14.3. The molecule has 1 saturated heterocycles. The Hall–Kier alpha value is -1.66. The van der Waals surface area contributed by atoms with Crippen molar-refractivity contribution in [1.82, 2.24) is 15.2 Å². The molecule has 0 bridgehead atoms. The lowest BCUT2D eigenvalue weighted by Gasteiger charge is -2.26. The normalized spacial score (nSPS) is 19.2. The van der Waals surface area contributed by atoms with Crippen LogP contribution in [0.25, 0.3) is 0 Å². The summed E-state index contributed by atoms with van der Waals surface area (Å²) in [6.45, 7) is 4.96. The number of nitrogens with one attached hydrogen (secondary N) is 2. The van der Waals surface area contributed by atoms with Crippen LogP contribution in [0.2, 0.25) is 0 Å². The number of amides is 1. The lowest BCUT2D eigenvalue weighted by Crippen LogP contribution is -2.41. The first-order chi connectivity index (χ1) is 10.3. The van der Waals surface area contributed by atoms with Gasteiger partial charge in [-0.25, -0.2) is 4.98 Å². The number of hydrogen-bond donors (Lipinski definition) is 2. The van der Waals surface area contributed by atoms with Crippen LogP contribution in [0.5, 0.6) is 0 Å². The molecule has 6 nitrogen and oxygen atoms in total. The van der Waals surface area contributed by atoms with Gasteiger partial charge in [0.15, 0.2) is 0 Å². The van der Waals surface area contributed by atoms with Crippen LogP contribution in [0.4, 0.5) is 5.82 Å². The van der Waals surface area contributed by atoms with E-state index < -0.39 is 0 Å². The minimum Gasteiger partial charge on any atom is -0.379 e. The SMILES string of the molecule is O=C(NCCN1CCOCC1)c1cccnc1NC1CC1. The van der Waals surface area contributed by atoms with Crippen LogP contribution >= 0.6 is 0 Å². The van der Waals surface area contributed by atoms with Crippen molar-refractivity contribution in [1.29, 1.82) is 0 Å². The number of nitrogens with zero attached hydrogens (tertiary/aromatic N) is 2. The quantitative estimate of drug-likeness (QED) is 0.808. The zero-order valence-electron chi connectivity index (χ0n) is 12.2. The van der Waals surface area contributed by atoms with Crippen molar-refractivity contribution >= 4 is 11.7 Å². The van der Waals surface area contributed by atoms with Gasteiger partial charge in [-0.1, -0.05) is 0 Å². The van der Waals surface area contributed by atoms with Crippen LogP contribution in [-0.2, 0) is 4.74 Å². The number of pyridine rings is 1. The minimum atomic E-state index is -0.0560. The number of anilines is 1. The number of ether oxygens (including phenoxy) is 1. The van der Waals surface area contributed by atoms with E-state index in [0.29, 0.717) is 24.0 Å². The number of rotatable bonds is 6. The summed E-state index contributed by atoms with van der Waals surface area (Å²) in [4.78, 5) is 18.9. The van der Waals surface area contributed by atoms with Crippen molar-refractivity contribution in [3.63, 3.8) is 0 Å². The molecule has 1 aromatic rings. The molecular weight excluding hydrogens is 268 g/mol. The molecule has 1 aliphatic carbocycles. The van der Waals surface area contributed by atoms with Crippen LogP contribution in [0.3, 0.4) is 0 Å². The Bertz CT molecular complexity index is 484. The maximum Gasteiger partial charge on any atom is 0.255 e. The fourth-order valence-electron chi connectivity index (χ4n) is 2.37. The van der Waals surface area contributed by atoms with Crippen molar-refractivity contribution < 1.29 is 9.53 Å². The summed E-state index contributed by atoms with van der Waals surface area (Å²) < 4.78 is 5.31. The molecule has 0 radical (unpaired) electrons. The second kappa shape index (κ2) is 6.87. The average Bonchev–Trinajstić information content (AvgIpc) is 3.33. The van der Waals surface area contributed by atoms with Crippen LogP contribution in [0.1, 0.15) is 23.2 Å². The lowest BCUT2D eigenvalue weighted by molar-refractivity contribution is 0.0383. The molecule has 0 unspecified atom stereocenters. The van der Waals surface area contributed by atoms with Crippen LogP contribution in [0.15, 0.2) is 18.3 Å². The summed E-state index contributed by atoms with van der Waals surface area (Å²) in [5.41, 5.74) is 0.631. The van der Waals surface area contributed by atoms with E-state index >= 15 is 0 Å². The molecule has 1 aromatic heterocycles. The van der Waals surface area contributed by atoms with E-state index in [0.717, 1.165) is 45.7 Å². The van der Waals surface area contributed by atoms with Crippen LogP contribution in [0, 0.1) is 0 Å². The van der Waals surface area contributed by atoms with Crippen molar-refractivity contribution in [2.75, 3.05) is 44.7 Å². The highest BCUT2D eigenvalue weighted by Gasteiger charge is 2.23. The summed E-state index contributed by atoms with van der Waals surface area (Å²) in [5.74, 6) is 0.642. The van der Waals surface area contributed by atoms with Crippen molar-refractivity contribution in [3.05, 3.63) is 23.9 Å². The van der Waals surface area contributed by atoms with Gasteiger partial charge >= 0.3 is 0 Å². The van der Waals surface area contributed by atoms with Gasteiger partial charge in [0.05, 0.1) is 18.8 Å². The number of hydrogen-bond acceptors (Lipinski definition) is 5. The fourth-order valence-corrected chi connectivity index (χ4v) is 2.37. The van der Waals surface area contributed by atoms with E-state index in [-0.39, 0.29) is 5.91 Å². The smallest absolute Gasteiger partial charge is 0.255 e. The largest absolute Gasteiger partial charge is 0.379 e. The summed E-state index contributed by atoms with van der Waals surface area (Å²) in [6, 6.07) is 4.11. The molecule has 0 atom stereocenters. The van der Waals surface area contributed by atoms with Crippen molar-refractivity contribution in [3.8, 4) is 0 Å². The number of carbonyl (C=O) groups excluding carboxylic acids is 1. The highest BCUT2D eigenvalue weighted by Crippen LogP contribution is 2.25. The maximum absolute atomic E-state index is 12.3. The summed E-state index contributed by atoms with van der Waals surface area (Å²) >= 11 is 0. The monoisotopic (exact) mass is 290 g/mol. The van der Waals surface area contributed by atoms with Gasteiger partial charge in [0.1, 0.15) is 5.82 Å². The molecule has 0 spiro atoms. The number of morpholine rings is 1. The average molecular weight is 290 g/mol. The zero-order chi connectivity index (χ0) is 14.5. The lowest BCUT2D eigenvalue weighted by atomic mass is 10.2. The number of aromatic nitrogens is 1. The molecule has 1 amide bonds. The Kier molecular flexibility index (Phi) is 4.67. The Morgan fingerprint density at radius 2 is 2.19 bits per heavy atom. The van der Waals surface area contributed by atoms with Crippen molar-refractivity contribution in [2.24, 2.45) is 0 Å². The van der Waals surface area contributed by atoms with Gasteiger partial charge in [-0.15, -0.1) is 0 Å². The second-order valence-corrected chi connectivity index (χ2v) is 5.53. The molecular formula is C15H22N4O2. The third-order valence-corrected chi connectivity index (χ3v) is 3.79. The van der Waals surface area contributed by atoms with E-state index in [4.69, 9.17) is 4.74 Å². The standard InChI is InChI=1S/C15H22N4O2/c20-15(17-6-7-19-8-10-21-11-9-19)13-2-1-5-16-14(13)18-12-3-4-12/h1-2,5,12H,3-4,6-11H2,(H,16,18)(H,17,20). The molecule has 21 heavy (non-hydrogen) atoms. The third-order valence-electron chi connectivity index (χ3n) is 3.79. The van der Waals surface area contributed by atoms with Crippen LogP contribution < -0.4 is 10.6 Å². The van der Waals surface area contributed by atoms with Gasteiger partial charge in [0, 0.05) is 38.4 Å². The van der Waals surface area contributed by atoms with E-state index in [1.54, 1.807) is 12.3 Å². The summed E-state index contributed by atoms with van der Waals surface area (Å²) in [5, 5.41) is 6.29. The van der Waals surface area contributed by atoms with Gasteiger partial charge in [-0.3, -0.25) is 9.69 Å². The van der Waals surface area contributed by atoms with Crippen molar-refractivity contribution in [2.45, 2.75) is 18.9 Å². The zero-order valence-corrected chi connectivity index (χ0v) is 12.2. The van der Waals surface area contributed by atoms with E-state index in [1.807, 2.05) is 6.07 Å². The first-order valence-corrected chi connectivity index (χ1v) is 7.63. The summed E-state index contributed by atoms with van der Waals surface area (Å²) in [7, 11) is 0. The minimum absolute atomic E-state index is 0.0560. The Labute approximate surface area is 124 Å². The topological polar surface area (TPSA) is 66.5 Å². The second-order valence-electron chi connectivity index (χ2n) is 5.53. The Morgan fingerprint density at radius 1 is 1.38 bits per heavy atom. The van der Waals surface area contributed by atoms with E-state index in [2.05, 4.69) is 20.5 Å². The molecule has 3 rings (SSSR count). The third kappa shape index (κ3) is 4.15. The van der Waals surface area contributed by atoms with Gasteiger partial charge in [-0.05, 0) is 25.0 Å². The first-order valence-electron chi connectivity index (χ1n) is 7.63. The van der Waals surface area contributed by atoms with Gasteiger partial charge < -0.3 is 15.4 Å². The molecule has 1 saturated carbocycles. The molecule has 114 valence electrons.